The van der Waals surface area contributed by atoms with Gasteiger partial charge in [-0.3, -0.25) is 9.59 Å². The Labute approximate surface area is 122 Å². The van der Waals surface area contributed by atoms with Crippen molar-refractivity contribution in [2.45, 2.75) is 24.1 Å². The molecule has 0 saturated carbocycles. The van der Waals surface area contributed by atoms with Gasteiger partial charge in [-0.05, 0) is 19.1 Å². The van der Waals surface area contributed by atoms with E-state index >= 15 is 0 Å². The van der Waals surface area contributed by atoms with Crippen molar-refractivity contribution in [2.75, 3.05) is 0 Å². The fourth-order valence-corrected chi connectivity index (χ4v) is 2.88. The fraction of sp³-hybridized carbons (Fsp3) is 0.250. The molecule has 118 valence electrons. The normalized spacial score (nSPS) is 17.4. The molecule has 0 amide bonds. The highest BCUT2D eigenvalue weighted by Crippen LogP contribution is 2.28. The molecule has 1 aliphatic rings. The molecule has 0 N–H and O–H groups in total. The summed E-state index contributed by atoms with van der Waals surface area (Å²) in [6.07, 6.45) is -7.80. The Kier molecular flexibility index (Phi) is 3.81. The topological polar surface area (TPSA) is 89.9 Å². The first-order chi connectivity index (χ1) is 10.0. The number of ketones is 2. The van der Waals surface area contributed by atoms with Crippen LogP contribution >= 0.6 is 0 Å². The first kappa shape index (κ1) is 16.1. The lowest BCUT2D eigenvalue weighted by molar-refractivity contribution is -0.179. The quantitative estimate of drug-likeness (QED) is 0.775. The number of fused-ring (bicyclic) bond motifs is 1. The summed E-state index contributed by atoms with van der Waals surface area (Å²) in [7, 11) is -4.13. The van der Waals surface area contributed by atoms with Crippen molar-refractivity contribution in [1.82, 2.24) is 0 Å². The van der Waals surface area contributed by atoms with Gasteiger partial charge in [0.05, 0.1) is 5.56 Å². The van der Waals surface area contributed by atoms with Crippen LogP contribution in [0.2, 0.25) is 0 Å². The number of rotatable bonds is 3. The molecule has 1 atom stereocenters. The van der Waals surface area contributed by atoms with Crippen molar-refractivity contribution in [3.05, 3.63) is 29.8 Å². The first-order valence-corrected chi connectivity index (χ1v) is 7.20. The molecule has 0 bridgehead atoms. The van der Waals surface area contributed by atoms with Crippen molar-refractivity contribution in [3.63, 3.8) is 0 Å². The fourth-order valence-electron chi connectivity index (χ4n) is 1.74. The molecule has 1 aromatic carbocycles. The molecule has 0 radical (unpaired) electrons. The molecular weight excluding hydrogens is 327 g/mol. The maximum atomic E-state index is 12.4. The summed E-state index contributed by atoms with van der Waals surface area (Å²) < 4.78 is 68.6. The number of nitrogens with zero attached hydrogens (tertiary/aromatic N) is 1. The van der Waals surface area contributed by atoms with Crippen LogP contribution in [0.25, 0.3) is 0 Å². The van der Waals surface area contributed by atoms with E-state index in [0.717, 1.165) is 6.92 Å². The van der Waals surface area contributed by atoms with Crippen molar-refractivity contribution in [1.29, 1.82) is 0 Å². The Morgan fingerprint density at radius 2 is 1.82 bits per heavy atom. The summed E-state index contributed by atoms with van der Waals surface area (Å²) in [5.41, 5.74) is -0.108. The molecule has 1 heterocycles. The van der Waals surface area contributed by atoms with Gasteiger partial charge in [0.15, 0.2) is 5.78 Å². The number of hydrogen-bond donors (Lipinski definition) is 0. The summed E-state index contributed by atoms with van der Waals surface area (Å²) in [4.78, 5) is 22.2. The number of hydrogen-bond acceptors (Lipinski definition) is 5. The monoisotopic (exact) mass is 335 g/mol. The van der Waals surface area contributed by atoms with Crippen molar-refractivity contribution >= 4 is 27.5 Å². The number of ether oxygens (including phenoxy) is 1. The predicted octanol–water partition coefficient (Wildman–Crippen LogP) is 1.24. The second-order valence-electron chi connectivity index (χ2n) is 4.34. The van der Waals surface area contributed by atoms with Gasteiger partial charge in [-0.1, -0.05) is 12.1 Å². The maximum absolute atomic E-state index is 12.4. The van der Waals surface area contributed by atoms with Crippen molar-refractivity contribution in [3.8, 4) is 0 Å². The van der Waals surface area contributed by atoms with Crippen LogP contribution in [-0.4, -0.2) is 38.2 Å². The molecule has 2 rings (SSSR count). The third-order valence-corrected chi connectivity index (χ3v) is 4.03. The molecule has 6 nitrogen and oxygen atoms in total. The number of carbonyl (C=O) groups excluding carboxylic acids is 2. The van der Waals surface area contributed by atoms with E-state index < -0.39 is 39.8 Å². The van der Waals surface area contributed by atoms with Crippen LogP contribution in [0, 0.1) is 0 Å². The molecule has 1 aliphatic heterocycles. The van der Waals surface area contributed by atoms with E-state index in [1.165, 1.54) is 24.3 Å². The minimum absolute atomic E-state index is 0.108. The summed E-state index contributed by atoms with van der Waals surface area (Å²) in [5, 5.41) is 0. The highest BCUT2D eigenvalue weighted by molar-refractivity contribution is 7.90. The lowest BCUT2D eigenvalue weighted by atomic mass is 10.1. The average Bonchev–Trinajstić information content (AvgIpc) is 2.66. The van der Waals surface area contributed by atoms with Gasteiger partial charge in [0.25, 0.3) is 15.8 Å². The van der Waals surface area contributed by atoms with Crippen molar-refractivity contribution in [2.24, 2.45) is 4.40 Å². The van der Waals surface area contributed by atoms with E-state index in [4.69, 9.17) is 0 Å². The lowest BCUT2D eigenvalue weighted by Crippen LogP contribution is -2.42. The second-order valence-corrected chi connectivity index (χ2v) is 5.91. The molecule has 1 unspecified atom stereocenters. The number of halogens is 3. The van der Waals surface area contributed by atoms with Gasteiger partial charge >= 0.3 is 6.18 Å². The van der Waals surface area contributed by atoms with Crippen LogP contribution in [0.5, 0.6) is 0 Å². The summed E-state index contributed by atoms with van der Waals surface area (Å²) >= 11 is 0. The van der Waals surface area contributed by atoms with Gasteiger partial charge < -0.3 is 4.74 Å². The Morgan fingerprint density at radius 3 is 2.36 bits per heavy atom. The number of benzene rings is 1. The van der Waals surface area contributed by atoms with Gasteiger partial charge in [-0.25, -0.2) is 0 Å². The Balaban J connectivity index is 2.42. The molecular formula is C12H8F3NO5S. The third-order valence-electron chi connectivity index (χ3n) is 2.71. The summed E-state index contributed by atoms with van der Waals surface area (Å²) in [5.74, 6) is -4.36. The second kappa shape index (κ2) is 5.20. The van der Waals surface area contributed by atoms with Gasteiger partial charge in [0.2, 0.25) is 12.0 Å². The highest BCUT2D eigenvalue weighted by Gasteiger charge is 2.48. The smallest absolute Gasteiger partial charge is 0.454 e. The van der Waals surface area contributed by atoms with Gasteiger partial charge in [0, 0.05) is 0 Å². The third kappa shape index (κ3) is 2.86. The van der Waals surface area contributed by atoms with E-state index in [-0.39, 0.29) is 10.5 Å². The molecule has 0 saturated heterocycles. The number of alkyl halides is 3. The molecule has 10 heteroatoms. The Hall–Kier alpha value is -2.23. The molecule has 0 spiro atoms. The summed E-state index contributed by atoms with van der Waals surface area (Å²) in [6, 6.07) is 5.22. The van der Waals surface area contributed by atoms with Crippen LogP contribution in [0.4, 0.5) is 13.2 Å². The van der Waals surface area contributed by atoms with Gasteiger partial charge in [-0.15, -0.1) is 4.40 Å². The molecule has 0 fully saturated rings. The van der Waals surface area contributed by atoms with E-state index in [0.29, 0.717) is 0 Å². The molecule has 1 aromatic rings. The lowest BCUT2D eigenvalue weighted by Gasteiger charge is -2.16. The molecule has 0 aromatic heterocycles. The van der Waals surface area contributed by atoms with Crippen molar-refractivity contribution < 1.29 is 35.9 Å². The van der Waals surface area contributed by atoms with E-state index in [1.54, 1.807) is 0 Å². The number of carbonyl (C=O) groups is 2. The van der Waals surface area contributed by atoms with Crippen LogP contribution in [0.3, 0.4) is 0 Å². The van der Waals surface area contributed by atoms with Crippen LogP contribution in [0.1, 0.15) is 12.5 Å². The highest BCUT2D eigenvalue weighted by atomic mass is 32.2. The minimum atomic E-state index is -5.30. The molecule has 22 heavy (non-hydrogen) atoms. The average molecular weight is 335 g/mol. The van der Waals surface area contributed by atoms with E-state index in [9.17, 15) is 31.2 Å². The zero-order valence-corrected chi connectivity index (χ0v) is 11.7. The zero-order valence-electron chi connectivity index (χ0n) is 10.9. The number of sulfonamides is 1. The molecule has 0 aliphatic carbocycles. The largest absolute Gasteiger partial charge is 0.457 e. The predicted molar refractivity (Wildman–Crippen MR) is 66.8 cm³/mol. The first-order valence-electron chi connectivity index (χ1n) is 5.76. The zero-order chi connectivity index (χ0) is 16.7. The number of Topliss-reactive ketones (excluding diaryl/α,β-unsaturated/α-hetero) is 2. The van der Waals surface area contributed by atoms with Crippen LogP contribution in [-0.2, 0) is 24.3 Å². The van der Waals surface area contributed by atoms with E-state index in [1.807, 2.05) is 0 Å². The van der Waals surface area contributed by atoms with Crippen LogP contribution in [0.15, 0.2) is 33.6 Å². The van der Waals surface area contributed by atoms with Crippen LogP contribution < -0.4 is 0 Å². The minimum Gasteiger partial charge on any atom is -0.457 e. The SMILES string of the molecule is CC(=O)C(OC1=NS(=O)(=O)c2ccccc21)C(=O)C(F)(F)F. The maximum Gasteiger partial charge on any atom is 0.454 e. The van der Waals surface area contributed by atoms with E-state index in [2.05, 4.69) is 9.13 Å². The van der Waals surface area contributed by atoms with Gasteiger partial charge in [0.1, 0.15) is 4.90 Å². The Morgan fingerprint density at radius 1 is 1.23 bits per heavy atom. The summed E-state index contributed by atoms with van der Waals surface area (Å²) in [6.45, 7) is 0.726. The standard InChI is InChI=1S/C12H8F3NO5S/c1-6(17)9(10(18)12(13,14)15)21-11-7-4-2-3-5-8(7)22(19,20)16-11/h2-5,9H,1H3. The van der Waals surface area contributed by atoms with Gasteiger partial charge in [-0.2, -0.15) is 21.6 Å². The Bertz CT molecular complexity index is 782.